The molecule has 1 aromatic carbocycles. The van der Waals surface area contributed by atoms with E-state index in [4.69, 9.17) is 0 Å². The van der Waals surface area contributed by atoms with Crippen LogP contribution in [0.15, 0.2) is 30.3 Å². The highest BCUT2D eigenvalue weighted by molar-refractivity contribution is 5.92. The molecule has 0 atom stereocenters. The molecule has 0 bridgehead atoms. The van der Waals surface area contributed by atoms with Gasteiger partial charge in [0.1, 0.15) is 0 Å². The topological polar surface area (TPSA) is 44.9 Å². The number of nitrogens with one attached hydrogen (secondary N) is 2. The summed E-state index contributed by atoms with van der Waals surface area (Å²) in [5.41, 5.74) is 5.23. The molecule has 1 amide bonds. The number of carbonyl (C=O) groups is 1. The largest absolute Gasteiger partial charge is 0.362 e. The van der Waals surface area contributed by atoms with E-state index in [1.54, 1.807) is 0 Å². The molecule has 2 rings (SSSR count). The minimum atomic E-state index is 0.0148. The Labute approximate surface area is 107 Å². The van der Waals surface area contributed by atoms with Crippen LogP contribution < -0.4 is 5.32 Å². The van der Waals surface area contributed by atoms with Gasteiger partial charge in [0.25, 0.3) is 0 Å². The molecule has 0 fully saturated rings. The molecule has 0 radical (unpaired) electrons. The number of hydrogen-bond acceptors (Lipinski definition) is 1. The van der Waals surface area contributed by atoms with Gasteiger partial charge in [-0.05, 0) is 44.5 Å². The first-order valence-corrected chi connectivity index (χ1v) is 6.06. The van der Waals surface area contributed by atoms with Gasteiger partial charge in [-0.2, -0.15) is 0 Å². The van der Waals surface area contributed by atoms with E-state index in [0.29, 0.717) is 6.42 Å². The van der Waals surface area contributed by atoms with Gasteiger partial charge in [0.15, 0.2) is 0 Å². The van der Waals surface area contributed by atoms with Crippen molar-refractivity contribution < 1.29 is 4.79 Å². The molecule has 0 aliphatic rings. The monoisotopic (exact) mass is 242 g/mol. The van der Waals surface area contributed by atoms with Crippen molar-refractivity contribution in [2.24, 2.45) is 0 Å². The summed E-state index contributed by atoms with van der Waals surface area (Å²) in [7, 11) is 0. The Hall–Kier alpha value is -2.03. The molecule has 2 N–H and O–H groups in total. The van der Waals surface area contributed by atoms with Crippen LogP contribution in [0.25, 0.3) is 0 Å². The van der Waals surface area contributed by atoms with Crippen molar-refractivity contribution >= 4 is 11.6 Å². The standard InChI is InChI=1S/C15H18N2O/c1-10-4-6-14(7-5-10)17-15(18)9-13-8-11(2)16-12(13)3/h4-8,16H,9H2,1-3H3,(H,17,18). The van der Waals surface area contributed by atoms with Crippen LogP contribution >= 0.6 is 0 Å². The van der Waals surface area contributed by atoms with Gasteiger partial charge in [0.2, 0.25) is 5.91 Å². The minimum Gasteiger partial charge on any atom is -0.362 e. The molecule has 1 heterocycles. The lowest BCUT2D eigenvalue weighted by atomic mass is 10.1. The summed E-state index contributed by atoms with van der Waals surface area (Å²) >= 11 is 0. The van der Waals surface area contributed by atoms with E-state index in [9.17, 15) is 4.79 Å². The lowest BCUT2D eigenvalue weighted by Gasteiger charge is -2.05. The number of benzene rings is 1. The molecule has 2 aromatic rings. The Balaban J connectivity index is 2.01. The second-order valence-electron chi connectivity index (χ2n) is 4.69. The number of H-pyrrole nitrogens is 1. The van der Waals surface area contributed by atoms with Crippen LogP contribution in [0.2, 0.25) is 0 Å². The van der Waals surface area contributed by atoms with Gasteiger partial charge in [0.05, 0.1) is 6.42 Å². The average Bonchev–Trinajstić information content (AvgIpc) is 2.61. The number of aromatic amines is 1. The van der Waals surface area contributed by atoms with E-state index in [0.717, 1.165) is 22.6 Å². The van der Waals surface area contributed by atoms with Gasteiger partial charge in [-0.25, -0.2) is 0 Å². The zero-order chi connectivity index (χ0) is 13.1. The summed E-state index contributed by atoms with van der Waals surface area (Å²) < 4.78 is 0. The van der Waals surface area contributed by atoms with Crippen molar-refractivity contribution in [1.29, 1.82) is 0 Å². The maximum atomic E-state index is 11.9. The Morgan fingerprint density at radius 1 is 1.17 bits per heavy atom. The van der Waals surface area contributed by atoms with Gasteiger partial charge < -0.3 is 10.3 Å². The van der Waals surface area contributed by atoms with Crippen LogP contribution in [0.4, 0.5) is 5.69 Å². The molecule has 0 saturated heterocycles. The molecule has 3 nitrogen and oxygen atoms in total. The Morgan fingerprint density at radius 3 is 2.39 bits per heavy atom. The van der Waals surface area contributed by atoms with Crippen LogP contribution in [0, 0.1) is 20.8 Å². The maximum Gasteiger partial charge on any atom is 0.228 e. The first-order valence-electron chi connectivity index (χ1n) is 6.06. The van der Waals surface area contributed by atoms with Gasteiger partial charge >= 0.3 is 0 Å². The highest BCUT2D eigenvalue weighted by atomic mass is 16.1. The van der Waals surface area contributed by atoms with Crippen molar-refractivity contribution in [2.45, 2.75) is 27.2 Å². The molecule has 0 spiro atoms. The molecule has 3 heteroatoms. The van der Waals surface area contributed by atoms with E-state index in [1.165, 1.54) is 5.56 Å². The molecule has 18 heavy (non-hydrogen) atoms. The minimum absolute atomic E-state index is 0.0148. The van der Waals surface area contributed by atoms with Gasteiger partial charge in [-0.1, -0.05) is 17.7 Å². The molecule has 1 aromatic heterocycles. The summed E-state index contributed by atoms with van der Waals surface area (Å²) in [4.78, 5) is 15.1. The number of aromatic nitrogens is 1. The summed E-state index contributed by atoms with van der Waals surface area (Å²) in [6.45, 7) is 6.01. The van der Waals surface area contributed by atoms with Crippen LogP contribution in [0.3, 0.4) is 0 Å². The molecule has 0 saturated carbocycles. The summed E-state index contributed by atoms with van der Waals surface area (Å²) in [6, 6.07) is 9.83. The van der Waals surface area contributed by atoms with E-state index < -0.39 is 0 Å². The molecule has 94 valence electrons. The van der Waals surface area contributed by atoms with Crippen LogP contribution in [-0.2, 0) is 11.2 Å². The molecule has 0 unspecified atom stereocenters. The third-order valence-corrected chi connectivity index (χ3v) is 2.94. The smallest absolute Gasteiger partial charge is 0.228 e. The van der Waals surface area contributed by atoms with Gasteiger partial charge in [0, 0.05) is 17.1 Å². The Bertz CT molecular complexity index is 552. The predicted molar refractivity (Wildman–Crippen MR) is 73.8 cm³/mol. The average molecular weight is 242 g/mol. The first-order chi connectivity index (χ1) is 8.54. The van der Waals surface area contributed by atoms with Crippen molar-refractivity contribution in [2.75, 3.05) is 5.32 Å². The van der Waals surface area contributed by atoms with Crippen molar-refractivity contribution in [3.63, 3.8) is 0 Å². The quantitative estimate of drug-likeness (QED) is 0.853. The van der Waals surface area contributed by atoms with E-state index in [1.807, 2.05) is 51.1 Å². The third kappa shape index (κ3) is 3.00. The lowest BCUT2D eigenvalue weighted by Crippen LogP contribution is -2.14. The summed E-state index contributed by atoms with van der Waals surface area (Å²) in [6.07, 6.45) is 0.407. The second kappa shape index (κ2) is 5.08. The number of anilines is 1. The maximum absolute atomic E-state index is 11.9. The number of carbonyl (C=O) groups excluding carboxylic acids is 1. The fraction of sp³-hybridized carbons (Fsp3) is 0.267. The molecular weight excluding hydrogens is 224 g/mol. The number of hydrogen-bond donors (Lipinski definition) is 2. The molecule has 0 aliphatic heterocycles. The second-order valence-corrected chi connectivity index (χ2v) is 4.69. The van der Waals surface area contributed by atoms with Gasteiger partial charge in [-0.15, -0.1) is 0 Å². The highest BCUT2D eigenvalue weighted by Crippen LogP contribution is 2.12. The Kier molecular flexibility index (Phi) is 3.51. The van der Waals surface area contributed by atoms with Crippen molar-refractivity contribution in [3.8, 4) is 0 Å². The normalized spacial score (nSPS) is 10.4. The first kappa shape index (κ1) is 12.4. The SMILES string of the molecule is Cc1ccc(NC(=O)Cc2cc(C)[nH]c2C)cc1. The predicted octanol–water partition coefficient (Wildman–Crippen LogP) is 3.12. The molecule has 0 aliphatic carbocycles. The molecular formula is C15H18N2O. The Morgan fingerprint density at radius 2 is 1.83 bits per heavy atom. The van der Waals surface area contributed by atoms with E-state index in [2.05, 4.69) is 10.3 Å². The number of rotatable bonds is 3. The summed E-state index contributed by atoms with van der Waals surface area (Å²) in [5, 5.41) is 2.90. The van der Waals surface area contributed by atoms with E-state index in [-0.39, 0.29) is 5.91 Å². The fourth-order valence-electron chi connectivity index (χ4n) is 1.98. The zero-order valence-electron chi connectivity index (χ0n) is 11.0. The van der Waals surface area contributed by atoms with Crippen molar-refractivity contribution in [1.82, 2.24) is 4.98 Å². The third-order valence-electron chi connectivity index (χ3n) is 2.94. The fourth-order valence-corrected chi connectivity index (χ4v) is 1.98. The summed E-state index contributed by atoms with van der Waals surface area (Å²) in [5.74, 6) is 0.0148. The zero-order valence-corrected chi connectivity index (χ0v) is 11.0. The highest BCUT2D eigenvalue weighted by Gasteiger charge is 2.08. The van der Waals surface area contributed by atoms with Crippen molar-refractivity contribution in [3.05, 3.63) is 52.8 Å². The van der Waals surface area contributed by atoms with Crippen LogP contribution in [0.5, 0.6) is 0 Å². The van der Waals surface area contributed by atoms with Crippen LogP contribution in [-0.4, -0.2) is 10.9 Å². The lowest BCUT2D eigenvalue weighted by molar-refractivity contribution is -0.115. The van der Waals surface area contributed by atoms with E-state index >= 15 is 0 Å². The number of amides is 1. The van der Waals surface area contributed by atoms with Gasteiger partial charge in [-0.3, -0.25) is 4.79 Å². The van der Waals surface area contributed by atoms with Crippen LogP contribution in [0.1, 0.15) is 22.5 Å². The number of aryl methyl sites for hydroxylation is 3.